The van der Waals surface area contributed by atoms with Gasteiger partial charge < -0.3 is 9.15 Å². The monoisotopic (exact) mass is 559 g/mol. The Morgan fingerprint density at radius 3 is 2.15 bits per heavy atom. The van der Waals surface area contributed by atoms with Crippen LogP contribution < -0.4 is 4.31 Å². The smallest absolute Gasteiger partial charge is 0.342 e. The molecule has 1 heterocycles. The maximum Gasteiger partial charge on any atom is 0.342 e. The molecule has 0 N–H and O–H groups in total. The van der Waals surface area contributed by atoms with E-state index in [1.165, 1.54) is 54.6 Å². The van der Waals surface area contributed by atoms with Gasteiger partial charge in [-0.15, -0.1) is 0 Å². The molecule has 0 saturated heterocycles. The summed E-state index contributed by atoms with van der Waals surface area (Å²) in [5.41, 5.74) is 1.30. The Kier molecular flexibility index (Phi) is 7.24. The van der Waals surface area contributed by atoms with E-state index in [-0.39, 0.29) is 34.1 Å². The van der Waals surface area contributed by atoms with Gasteiger partial charge in [0.15, 0.2) is 0 Å². The van der Waals surface area contributed by atoms with Gasteiger partial charge in [-0.1, -0.05) is 60.1 Å². The zero-order chi connectivity index (χ0) is 27.6. The second-order valence-electron chi connectivity index (χ2n) is 8.47. The number of nitrogens with zero attached hydrogens (tertiary/aromatic N) is 1. The minimum Gasteiger partial charge on any atom is -0.462 e. The van der Waals surface area contributed by atoms with Crippen LogP contribution in [-0.2, 0) is 14.8 Å². The van der Waals surface area contributed by atoms with Gasteiger partial charge in [0, 0.05) is 21.5 Å². The first-order chi connectivity index (χ1) is 18.8. The Labute approximate surface area is 230 Å². The Bertz CT molecular complexity index is 1770. The third kappa shape index (κ3) is 5.04. The normalized spacial score (nSPS) is 11.3. The van der Waals surface area contributed by atoms with Gasteiger partial charge in [0.2, 0.25) is 0 Å². The summed E-state index contributed by atoms with van der Waals surface area (Å²) >= 11 is 5.98. The molecule has 0 unspecified atom stereocenters. The topological polar surface area (TPSA) is 93.9 Å². The quantitative estimate of drug-likeness (QED) is 0.200. The van der Waals surface area contributed by atoms with Crippen LogP contribution in [-0.4, -0.2) is 26.9 Å². The van der Waals surface area contributed by atoms with E-state index in [1.54, 1.807) is 37.3 Å². The van der Waals surface area contributed by atoms with Crippen LogP contribution in [0.5, 0.6) is 0 Å². The molecule has 0 radical (unpaired) electrons. The SMILES string of the molecule is CCOC(=O)c1c(-c2ccccc2)oc2ccc(N(C(=O)c3ccccc3)S(=O)(=O)c3ccc(Cl)cc3)cc12. The number of carbonyl (C=O) groups is 2. The van der Waals surface area contributed by atoms with Gasteiger partial charge in [0.25, 0.3) is 15.9 Å². The molecule has 0 spiro atoms. The van der Waals surface area contributed by atoms with E-state index in [0.29, 0.717) is 21.6 Å². The van der Waals surface area contributed by atoms with Crippen molar-refractivity contribution in [3.05, 3.63) is 119 Å². The molecule has 0 fully saturated rings. The average molecular weight is 560 g/mol. The molecule has 196 valence electrons. The lowest BCUT2D eigenvalue weighted by atomic mass is 10.1. The molecule has 0 aliphatic heterocycles. The van der Waals surface area contributed by atoms with Crippen LogP contribution in [0.1, 0.15) is 27.6 Å². The fourth-order valence-corrected chi connectivity index (χ4v) is 5.72. The molecule has 1 aromatic heterocycles. The van der Waals surface area contributed by atoms with Crippen LogP contribution in [0.25, 0.3) is 22.3 Å². The number of sulfonamides is 1. The Morgan fingerprint density at radius 1 is 0.872 bits per heavy atom. The summed E-state index contributed by atoms with van der Waals surface area (Å²) in [4.78, 5) is 26.7. The highest BCUT2D eigenvalue weighted by Gasteiger charge is 2.33. The van der Waals surface area contributed by atoms with E-state index in [0.717, 1.165) is 4.31 Å². The van der Waals surface area contributed by atoms with Crippen molar-refractivity contribution in [1.29, 1.82) is 0 Å². The first-order valence-corrected chi connectivity index (χ1v) is 13.8. The largest absolute Gasteiger partial charge is 0.462 e. The lowest BCUT2D eigenvalue weighted by Crippen LogP contribution is -2.37. The molecule has 0 aliphatic carbocycles. The van der Waals surface area contributed by atoms with E-state index in [2.05, 4.69) is 0 Å². The lowest BCUT2D eigenvalue weighted by molar-refractivity contribution is 0.0528. The summed E-state index contributed by atoms with van der Waals surface area (Å²) in [6.07, 6.45) is 0. The summed E-state index contributed by atoms with van der Waals surface area (Å²) in [6.45, 7) is 1.82. The predicted octanol–water partition coefficient (Wildman–Crippen LogP) is 6.97. The van der Waals surface area contributed by atoms with Crippen molar-refractivity contribution in [2.24, 2.45) is 0 Å². The average Bonchev–Trinajstić information content (AvgIpc) is 3.33. The zero-order valence-electron chi connectivity index (χ0n) is 20.7. The molecule has 0 saturated carbocycles. The van der Waals surface area contributed by atoms with Crippen LogP contribution in [0, 0.1) is 0 Å². The first kappa shape index (κ1) is 26.2. The van der Waals surface area contributed by atoms with Gasteiger partial charge in [-0.05, 0) is 61.5 Å². The van der Waals surface area contributed by atoms with Crippen LogP contribution in [0.3, 0.4) is 0 Å². The maximum atomic E-state index is 13.9. The van der Waals surface area contributed by atoms with E-state index >= 15 is 0 Å². The molecule has 5 aromatic rings. The fraction of sp³-hybridized carbons (Fsp3) is 0.0667. The van der Waals surface area contributed by atoms with Crippen molar-refractivity contribution < 1.29 is 27.2 Å². The van der Waals surface area contributed by atoms with Gasteiger partial charge in [0.05, 0.1) is 17.2 Å². The summed E-state index contributed by atoms with van der Waals surface area (Å²) in [5.74, 6) is -1.12. The van der Waals surface area contributed by atoms with Gasteiger partial charge in [0.1, 0.15) is 16.9 Å². The van der Waals surface area contributed by atoms with Crippen molar-refractivity contribution >= 4 is 50.2 Å². The molecule has 7 nitrogen and oxygen atoms in total. The molecule has 1 amide bonds. The van der Waals surface area contributed by atoms with Crippen molar-refractivity contribution in [3.63, 3.8) is 0 Å². The second kappa shape index (κ2) is 10.8. The van der Waals surface area contributed by atoms with Crippen LogP contribution in [0.15, 0.2) is 112 Å². The lowest BCUT2D eigenvalue weighted by Gasteiger charge is -2.23. The van der Waals surface area contributed by atoms with E-state index in [9.17, 15) is 18.0 Å². The number of furan rings is 1. The van der Waals surface area contributed by atoms with Crippen LogP contribution in [0.4, 0.5) is 5.69 Å². The van der Waals surface area contributed by atoms with Gasteiger partial charge >= 0.3 is 5.97 Å². The number of ether oxygens (including phenoxy) is 1. The molecule has 0 bridgehead atoms. The molecule has 0 aliphatic rings. The number of amides is 1. The summed E-state index contributed by atoms with van der Waals surface area (Å²) in [6, 6.07) is 27.1. The third-order valence-corrected chi connectivity index (χ3v) is 7.96. The van der Waals surface area contributed by atoms with Gasteiger partial charge in [-0.2, -0.15) is 4.31 Å². The molecule has 5 rings (SSSR count). The molecular weight excluding hydrogens is 538 g/mol. The number of hydrogen-bond acceptors (Lipinski definition) is 6. The Morgan fingerprint density at radius 2 is 1.51 bits per heavy atom. The molecule has 9 heteroatoms. The second-order valence-corrected chi connectivity index (χ2v) is 10.7. The van der Waals surface area contributed by atoms with Gasteiger partial charge in [-0.25, -0.2) is 13.2 Å². The Balaban J connectivity index is 1.74. The number of fused-ring (bicyclic) bond motifs is 1. The number of benzene rings is 4. The molecule has 0 atom stereocenters. The van der Waals surface area contributed by atoms with E-state index in [1.807, 2.05) is 18.2 Å². The van der Waals surface area contributed by atoms with Crippen LogP contribution in [0.2, 0.25) is 5.02 Å². The molecule has 39 heavy (non-hydrogen) atoms. The highest BCUT2D eigenvalue weighted by molar-refractivity contribution is 7.93. The van der Waals surface area contributed by atoms with Crippen molar-refractivity contribution in [2.45, 2.75) is 11.8 Å². The van der Waals surface area contributed by atoms with Crippen LogP contribution >= 0.6 is 11.6 Å². The van der Waals surface area contributed by atoms with Crippen molar-refractivity contribution in [3.8, 4) is 11.3 Å². The first-order valence-electron chi connectivity index (χ1n) is 12.0. The standard InChI is InChI=1S/C30H22ClNO6S/c1-2-37-30(34)27-25-19-23(15-18-26(25)38-28(27)20-9-5-3-6-10-20)32(29(33)21-11-7-4-8-12-21)39(35,36)24-16-13-22(31)14-17-24/h3-19H,2H2,1H3. The summed E-state index contributed by atoms with van der Waals surface area (Å²) in [7, 11) is -4.40. The van der Waals surface area contributed by atoms with Crippen molar-refractivity contribution in [1.82, 2.24) is 0 Å². The third-order valence-electron chi connectivity index (χ3n) is 5.98. The fourth-order valence-electron chi connectivity index (χ4n) is 4.19. The molecule has 4 aromatic carbocycles. The highest BCUT2D eigenvalue weighted by atomic mass is 35.5. The highest BCUT2D eigenvalue weighted by Crippen LogP contribution is 2.37. The number of rotatable bonds is 7. The number of halogens is 1. The minimum atomic E-state index is -4.40. The number of esters is 1. The van der Waals surface area contributed by atoms with E-state index < -0.39 is 21.9 Å². The number of carbonyl (C=O) groups excluding carboxylic acids is 2. The van der Waals surface area contributed by atoms with Gasteiger partial charge in [-0.3, -0.25) is 4.79 Å². The number of anilines is 1. The number of hydrogen-bond donors (Lipinski definition) is 0. The van der Waals surface area contributed by atoms with Crippen molar-refractivity contribution in [2.75, 3.05) is 10.9 Å². The maximum absolute atomic E-state index is 13.9. The summed E-state index contributed by atoms with van der Waals surface area (Å²) in [5, 5.41) is 0.657. The Hall–Kier alpha value is -4.40. The molecular formula is C30H22ClNO6S. The zero-order valence-corrected chi connectivity index (χ0v) is 22.3. The van der Waals surface area contributed by atoms with E-state index in [4.69, 9.17) is 20.8 Å². The summed E-state index contributed by atoms with van der Waals surface area (Å²) < 4.78 is 39.9. The predicted molar refractivity (Wildman–Crippen MR) is 149 cm³/mol. The minimum absolute atomic E-state index is 0.0252.